The minimum absolute atomic E-state index is 0.201. The maximum absolute atomic E-state index is 13.1. The second-order valence-electron chi connectivity index (χ2n) is 5.75. The van der Waals surface area contributed by atoms with Crippen LogP contribution in [0, 0.1) is 0 Å². The standard InChI is InChI=1S/C18H17N5O2/c1-2-23-21-18(20-22-23)19-17(24)16-13-8-4-3-7-12(13)11-25-15-10-6-5-9-14(15)16/h3-10,16H,2,11H2,1H3,(H,19,21,24). The van der Waals surface area contributed by atoms with Gasteiger partial charge < -0.3 is 4.74 Å². The molecule has 1 N–H and O–H groups in total. The van der Waals surface area contributed by atoms with Gasteiger partial charge in [-0.25, -0.2) is 0 Å². The van der Waals surface area contributed by atoms with Crippen molar-refractivity contribution in [2.24, 2.45) is 0 Å². The number of tetrazole rings is 1. The van der Waals surface area contributed by atoms with Crippen LogP contribution < -0.4 is 10.1 Å². The van der Waals surface area contributed by atoms with Crippen LogP contribution in [0.2, 0.25) is 0 Å². The summed E-state index contributed by atoms with van der Waals surface area (Å²) in [5.74, 6) is 0.209. The fourth-order valence-electron chi connectivity index (χ4n) is 3.01. The molecule has 1 atom stereocenters. The van der Waals surface area contributed by atoms with E-state index in [1.165, 1.54) is 4.80 Å². The Bertz CT molecular complexity index is 874. The van der Waals surface area contributed by atoms with Gasteiger partial charge in [0.05, 0.1) is 12.5 Å². The maximum atomic E-state index is 13.1. The molecule has 0 saturated carbocycles. The fraction of sp³-hybridized carbons (Fsp3) is 0.222. The van der Waals surface area contributed by atoms with E-state index in [9.17, 15) is 4.79 Å². The van der Waals surface area contributed by atoms with Gasteiger partial charge in [-0.1, -0.05) is 47.6 Å². The van der Waals surface area contributed by atoms with Crippen LogP contribution in [-0.2, 0) is 17.9 Å². The number of para-hydroxylation sites is 1. The first-order valence-electron chi connectivity index (χ1n) is 8.14. The van der Waals surface area contributed by atoms with Crippen molar-refractivity contribution in [2.75, 3.05) is 5.32 Å². The third-order valence-electron chi connectivity index (χ3n) is 4.21. The Hall–Kier alpha value is -3.22. The fourth-order valence-corrected chi connectivity index (χ4v) is 3.01. The van der Waals surface area contributed by atoms with Crippen molar-refractivity contribution in [3.05, 3.63) is 65.2 Å². The molecule has 1 unspecified atom stereocenters. The first-order valence-corrected chi connectivity index (χ1v) is 8.14. The first-order chi connectivity index (χ1) is 12.3. The number of nitrogens with zero attached hydrogens (tertiary/aromatic N) is 4. The molecule has 2 heterocycles. The molecule has 0 fully saturated rings. The number of carbonyl (C=O) groups excluding carboxylic acids is 1. The van der Waals surface area contributed by atoms with Crippen molar-refractivity contribution in [3.8, 4) is 5.75 Å². The lowest BCUT2D eigenvalue weighted by molar-refractivity contribution is -0.116. The zero-order valence-corrected chi connectivity index (χ0v) is 13.7. The summed E-state index contributed by atoms with van der Waals surface area (Å²) < 4.78 is 5.90. The highest BCUT2D eigenvalue weighted by Gasteiger charge is 2.30. The van der Waals surface area contributed by atoms with E-state index >= 15 is 0 Å². The van der Waals surface area contributed by atoms with Crippen molar-refractivity contribution in [3.63, 3.8) is 0 Å². The third-order valence-corrected chi connectivity index (χ3v) is 4.21. The molecular formula is C18H17N5O2. The van der Waals surface area contributed by atoms with Crippen molar-refractivity contribution in [1.29, 1.82) is 0 Å². The van der Waals surface area contributed by atoms with Crippen molar-refractivity contribution >= 4 is 11.9 Å². The normalized spacial score (nSPS) is 15.5. The first kappa shape index (κ1) is 15.3. The van der Waals surface area contributed by atoms with E-state index in [2.05, 4.69) is 20.7 Å². The van der Waals surface area contributed by atoms with Crippen LogP contribution in [0.5, 0.6) is 5.75 Å². The molecular weight excluding hydrogens is 318 g/mol. The van der Waals surface area contributed by atoms with Crippen LogP contribution in [-0.4, -0.2) is 26.1 Å². The summed E-state index contributed by atoms with van der Waals surface area (Å²) in [4.78, 5) is 14.5. The van der Waals surface area contributed by atoms with Gasteiger partial charge in [-0.05, 0) is 29.3 Å². The molecule has 1 aliphatic heterocycles. The number of fused-ring (bicyclic) bond motifs is 2. The van der Waals surface area contributed by atoms with E-state index < -0.39 is 5.92 Å². The Kier molecular flexibility index (Phi) is 3.89. The van der Waals surface area contributed by atoms with Gasteiger partial charge in [0.25, 0.3) is 5.95 Å². The van der Waals surface area contributed by atoms with Gasteiger partial charge in [0.1, 0.15) is 12.4 Å². The van der Waals surface area contributed by atoms with Crippen molar-refractivity contribution < 1.29 is 9.53 Å². The Balaban J connectivity index is 1.75. The number of aryl methyl sites for hydroxylation is 1. The van der Waals surface area contributed by atoms with Gasteiger partial charge >= 0.3 is 0 Å². The van der Waals surface area contributed by atoms with E-state index in [1.54, 1.807) is 0 Å². The smallest absolute Gasteiger partial charge is 0.270 e. The summed E-state index contributed by atoms with van der Waals surface area (Å²) in [6.45, 7) is 2.93. The number of carbonyl (C=O) groups is 1. The Morgan fingerprint density at radius 2 is 1.96 bits per heavy atom. The van der Waals surface area contributed by atoms with Gasteiger partial charge in [0, 0.05) is 5.56 Å². The SMILES string of the molecule is CCn1nnc(NC(=O)C2c3ccccc3COc3ccccc32)n1. The van der Waals surface area contributed by atoms with Crippen LogP contribution in [0.3, 0.4) is 0 Å². The second kappa shape index (κ2) is 6.35. The van der Waals surface area contributed by atoms with E-state index in [1.807, 2.05) is 55.5 Å². The minimum Gasteiger partial charge on any atom is -0.489 e. The maximum Gasteiger partial charge on any atom is 0.270 e. The molecule has 4 rings (SSSR count). The molecule has 0 saturated heterocycles. The van der Waals surface area contributed by atoms with Crippen LogP contribution in [0.4, 0.5) is 5.95 Å². The number of hydrogen-bond donors (Lipinski definition) is 1. The molecule has 1 aromatic heterocycles. The van der Waals surface area contributed by atoms with Crippen LogP contribution in [0.15, 0.2) is 48.5 Å². The molecule has 7 nitrogen and oxygen atoms in total. The Labute approximate surface area is 144 Å². The van der Waals surface area contributed by atoms with E-state index in [-0.39, 0.29) is 11.9 Å². The average molecular weight is 335 g/mol. The Morgan fingerprint density at radius 1 is 1.20 bits per heavy atom. The average Bonchev–Trinajstić information content (AvgIpc) is 3.02. The molecule has 0 radical (unpaired) electrons. The number of anilines is 1. The molecule has 126 valence electrons. The van der Waals surface area contributed by atoms with Crippen molar-refractivity contribution in [2.45, 2.75) is 26.0 Å². The predicted octanol–water partition coefficient (Wildman–Crippen LogP) is 2.36. The van der Waals surface area contributed by atoms with Crippen LogP contribution >= 0.6 is 0 Å². The highest BCUT2D eigenvalue weighted by molar-refractivity contribution is 5.97. The minimum atomic E-state index is -0.497. The van der Waals surface area contributed by atoms with E-state index in [0.29, 0.717) is 18.9 Å². The number of ether oxygens (including phenoxy) is 1. The van der Waals surface area contributed by atoms with Crippen LogP contribution in [0.25, 0.3) is 0 Å². The highest BCUT2D eigenvalue weighted by atomic mass is 16.5. The summed E-state index contributed by atoms with van der Waals surface area (Å²) in [5.41, 5.74) is 2.74. The number of aromatic nitrogens is 4. The lowest BCUT2D eigenvalue weighted by Crippen LogP contribution is -2.23. The summed E-state index contributed by atoms with van der Waals surface area (Å²) in [6.07, 6.45) is 0. The molecule has 1 aliphatic rings. The van der Waals surface area contributed by atoms with Gasteiger partial charge in [0.15, 0.2) is 0 Å². The summed E-state index contributed by atoms with van der Waals surface area (Å²) in [6, 6.07) is 15.4. The van der Waals surface area contributed by atoms with Gasteiger partial charge in [0.2, 0.25) is 5.91 Å². The molecule has 7 heteroatoms. The molecule has 0 bridgehead atoms. The monoisotopic (exact) mass is 335 g/mol. The molecule has 3 aromatic rings. The molecule has 0 aliphatic carbocycles. The molecule has 0 spiro atoms. The van der Waals surface area contributed by atoms with Gasteiger partial charge in [-0.2, -0.15) is 4.80 Å². The lowest BCUT2D eigenvalue weighted by Gasteiger charge is -2.17. The second-order valence-corrected chi connectivity index (χ2v) is 5.75. The summed E-state index contributed by atoms with van der Waals surface area (Å²) in [5, 5.41) is 14.7. The number of amides is 1. The van der Waals surface area contributed by atoms with Gasteiger partial charge in [-0.3, -0.25) is 10.1 Å². The zero-order chi connectivity index (χ0) is 17.2. The quantitative estimate of drug-likeness (QED) is 0.794. The number of benzene rings is 2. The van der Waals surface area contributed by atoms with E-state index in [4.69, 9.17) is 4.74 Å². The zero-order valence-electron chi connectivity index (χ0n) is 13.7. The van der Waals surface area contributed by atoms with Gasteiger partial charge in [-0.15, -0.1) is 5.10 Å². The number of rotatable bonds is 3. The molecule has 1 amide bonds. The van der Waals surface area contributed by atoms with Crippen molar-refractivity contribution in [1.82, 2.24) is 20.2 Å². The summed E-state index contributed by atoms with van der Waals surface area (Å²) >= 11 is 0. The topological polar surface area (TPSA) is 81.9 Å². The lowest BCUT2D eigenvalue weighted by atomic mass is 9.88. The predicted molar refractivity (Wildman–Crippen MR) is 91.2 cm³/mol. The Morgan fingerprint density at radius 3 is 2.76 bits per heavy atom. The number of nitrogens with one attached hydrogen (secondary N) is 1. The highest BCUT2D eigenvalue weighted by Crippen LogP contribution is 2.37. The molecule has 25 heavy (non-hydrogen) atoms. The van der Waals surface area contributed by atoms with Crippen LogP contribution in [0.1, 0.15) is 29.5 Å². The molecule has 2 aromatic carbocycles. The largest absolute Gasteiger partial charge is 0.489 e. The number of hydrogen-bond acceptors (Lipinski definition) is 5. The summed E-state index contributed by atoms with van der Waals surface area (Å²) in [7, 11) is 0. The third kappa shape index (κ3) is 2.84. The van der Waals surface area contributed by atoms with E-state index in [0.717, 1.165) is 16.7 Å².